The number of nitrogens with zero attached hydrogens (tertiary/aromatic N) is 3. The molecule has 1 aromatic rings. The summed E-state index contributed by atoms with van der Waals surface area (Å²) >= 11 is 9.71. The Morgan fingerprint density at radius 2 is 2.29 bits per heavy atom. The highest BCUT2D eigenvalue weighted by Crippen LogP contribution is 2.53. The standard InChI is InChI=1S/C14H12ClN3OS2/c15-10-4-2-1-3-9(10)12-8-20-14(21-12)11-7-18(19)13(17-11)5-6-16/h1-4,12,19H,5,7-8H2/b14-11+. The second-order valence-corrected chi connectivity index (χ2v) is 7.50. The average molecular weight is 338 g/mol. The van der Waals surface area contributed by atoms with Gasteiger partial charge in [-0.1, -0.05) is 29.8 Å². The Morgan fingerprint density at radius 3 is 3.05 bits per heavy atom. The SMILES string of the molecule is N#CCC1=N/C(=C2\SCC(c3ccccc3Cl)S2)CN1O. The third-order valence-electron chi connectivity index (χ3n) is 3.20. The van der Waals surface area contributed by atoms with E-state index >= 15 is 0 Å². The van der Waals surface area contributed by atoms with Gasteiger partial charge in [-0.3, -0.25) is 5.21 Å². The van der Waals surface area contributed by atoms with Gasteiger partial charge in [-0.25, -0.2) is 10.1 Å². The van der Waals surface area contributed by atoms with E-state index in [-0.39, 0.29) is 6.42 Å². The smallest absolute Gasteiger partial charge is 0.143 e. The van der Waals surface area contributed by atoms with Crippen LogP contribution in [-0.2, 0) is 0 Å². The van der Waals surface area contributed by atoms with Gasteiger partial charge in [0, 0.05) is 16.0 Å². The molecule has 0 saturated carbocycles. The second-order valence-electron chi connectivity index (χ2n) is 4.59. The van der Waals surface area contributed by atoms with E-state index in [2.05, 4.69) is 4.99 Å². The van der Waals surface area contributed by atoms with Crippen molar-refractivity contribution in [3.05, 3.63) is 44.8 Å². The number of benzene rings is 1. The van der Waals surface area contributed by atoms with Crippen LogP contribution in [0.3, 0.4) is 0 Å². The highest BCUT2D eigenvalue weighted by Gasteiger charge is 2.30. The molecule has 0 amide bonds. The normalized spacial score (nSPS) is 25.1. The molecule has 21 heavy (non-hydrogen) atoms. The molecular formula is C14H12ClN3OS2. The van der Waals surface area contributed by atoms with Gasteiger partial charge in [0.1, 0.15) is 5.84 Å². The molecule has 0 radical (unpaired) electrons. The molecule has 2 heterocycles. The van der Waals surface area contributed by atoms with Crippen molar-refractivity contribution in [2.75, 3.05) is 12.3 Å². The first-order valence-electron chi connectivity index (χ1n) is 6.37. The lowest BCUT2D eigenvalue weighted by atomic mass is 10.2. The number of rotatable bonds is 2. The number of aliphatic imine (C=N–C) groups is 1. The van der Waals surface area contributed by atoms with Crippen LogP contribution in [0.5, 0.6) is 0 Å². The summed E-state index contributed by atoms with van der Waals surface area (Å²) in [5.41, 5.74) is 1.97. The molecule has 1 atom stereocenters. The first-order valence-corrected chi connectivity index (χ1v) is 8.61. The van der Waals surface area contributed by atoms with Crippen LogP contribution in [0.15, 0.2) is 39.2 Å². The minimum absolute atomic E-state index is 0.122. The summed E-state index contributed by atoms with van der Waals surface area (Å²) in [6.07, 6.45) is 0.122. The lowest BCUT2D eigenvalue weighted by Crippen LogP contribution is -2.22. The van der Waals surface area contributed by atoms with Gasteiger partial charge in [0.25, 0.3) is 0 Å². The van der Waals surface area contributed by atoms with Gasteiger partial charge in [-0.15, -0.1) is 23.5 Å². The molecule has 2 aliphatic heterocycles. The zero-order valence-electron chi connectivity index (χ0n) is 11.0. The Labute approximate surface area is 136 Å². The van der Waals surface area contributed by atoms with Crippen LogP contribution < -0.4 is 0 Å². The zero-order chi connectivity index (χ0) is 14.8. The lowest BCUT2D eigenvalue weighted by molar-refractivity contribution is -0.000206. The molecule has 1 saturated heterocycles. The van der Waals surface area contributed by atoms with Crippen molar-refractivity contribution in [2.45, 2.75) is 11.7 Å². The van der Waals surface area contributed by atoms with E-state index in [1.165, 1.54) is 0 Å². The highest BCUT2D eigenvalue weighted by molar-refractivity contribution is 8.25. The van der Waals surface area contributed by atoms with Crippen LogP contribution >= 0.6 is 35.1 Å². The maximum Gasteiger partial charge on any atom is 0.143 e. The third kappa shape index (κ3) is 3.06. The second kappa shape index (κ2) is 6.32. The van der Waals surface area contributed by atoms with Crippen molar-refractivity contribution in [1.82, 2.24) is 5.06 Å². The average Bonchev–Trinajstić information content (AvgIpc) is 3.08. The van der Waals surface area contributed by atoms with Crippen LogP contribution in [0.4, 0.5) is 0 Å². The van der Waals surface area contributed by atoms with Crippen molar-refractivity contribution in [2.24, 2.45) is 4.99 Å². The molecule has 108 valence electrons. The number of nitriles is 1. The van der Waals surface area contributed by atoms with Gasteiger partial charge in [-0.2, -0.15) is 5.26 Å². The Kier molecular flexibility index (Phi) is 4.45. The van der Waals surface area contributed by atoms with Crippen LogP contribution in [0.25, 0.3) is 0 Å². The molecule has 1 unspecified atom stereocenters. The molecule has 1 N–H and O–H groups in total. The van der Waals surface area contributed by atoms with Crippen LogP contribution in [0.2, 0.25) is 5.02 Å². The van der Waals surface area contributed by atoms with E-state index in [9.17, 15) is 5.21 Å². The van der Waals surface area contributed by atoms with E-state index in [4.69, 9.17) is 16.9 Å². The number of amidine groups is 1. The maximum absolute atomic E-state index is 9.76. The highest BCUT2D eigenvalue weighted by atomic mass is 35.5. The van der Waals surface area contributed by atoms with Crippen molar-refractivity contribution in [1.29, 1.82) is 5.26 Å². The van der Waals surface area contributed by atoms with Crippen LogP contribution in [0, 0.1) is 11.3 Å². The van der Waals surface area contributed by atoms with E-state index in [0.29, 0.717) is 17.6 Å². The monoisotopic (exact) mass is 337 g/mol. The number of halogens is 1. The van der Waals surface area contributed by atoms with Crippen molar-refractivity contribution in [3.63, 3.8) is 0 Å². The quantitative estimate of drug-likeness (QED) is 0.882. The predicted octanol–water partition coefficient (Wildman–Crippen LogP) is 4.05. The topological polar surface area (TPSA) is 59.6 Å². The Bertz CT molecular complexity index is 668. The van der Waals surface area contributed by atoms with Gasteiger partial charge in [-0.05, 0) is 11.6 Å². The van der Waals surface area contributed by atoms with E-state index < -0.39 is 0 Å². The van der Waals surface area contributed by atoms with Gasteiger partial charge in [0.15, 0.2) is 0 Å². The predicted molar refractivity (Wildman–Crippen MR) is 87.4 cm³/mol. The molecule has 0 aliphatic carbocycles. The minimum Gasteiger partial charge on any atom is -0.287 e. The number of hydrogen-bond acceptors (Lipinski definition) is 6. The molecule has 2 aliphatic rings. The first kappa shape index (κ1) is 14.8. The van der Waals surface area contributed by atoms with Gasteiger partial charge in [0.2, 0.25) is 0 Å². The molecule has 0 bridgehead atoms. The fraction of sp³-hybridized carbons (Fsp3) is 0.286. The Hall–Kier alpha value is -1.13. The summed E-state index contributed by atoms with van der Waals surface area (Å²) in [5.74, 6) is 1.35. The summed E-state index contributed by atoms with van der Waals surface area (Å²) in [7, 11) is 0. The van der Waals surface area contributed by atoms with E-state index in [1.54, 1.807) is 23.5 Å². The number of hydroxylamine groups is 2. The Morgan fingerprint density at radius 1 is 1.48 bits per heavy atom. The molecular weight excluding hydrogens is 326 g/mol. The fourth-order valence-electron chi connectivity index (χ4n) is 2.18. The molecule has 1 fully saturated rings. The third-order valence-corrected chi connectivity index (χ3v) is 6.55. The van der Waals surface area contributed by atoms with Gasteiger partial charge >= 0.3 is 0 Å². The molecule has 7 heteroatoms. The van der Waals surface area contributed by atoms with E-state index in [0.717, 1.165) is 31.3 Å². The zero-order valence-corrected chi connectivity index (χ0v) is 13.4. The summed E-state index contributed by atoms with van der Waals surface area (Å²) in [4.78, 5) is 4.37. The lowest BCUT2D eigenvalue weighted by Gasteiger charge is -2.09. The summed E-state index contributed by atoms with van der Waals surface area (Å²) < 4.78 is 1.10. The first-order chi connectivity index (χ1) is 10.2. The van der Waals surface area contributed by atoms with Gasteiger partial charge in [0.05, 0.1) is 29.0 Å². The van der Waals surface area contributed by atoms with Crippen molar-refractivity contribution < 1.29 is 5.21 Å². The summed E-state index contributed by atoms with van der Waals surface area (Å²) in [6.45, 7) is 0.349. The van der Waals surface area contributed by atoms with Crippen molar-refractivity contribution >= 4 is 41.0 Å². The minimum atomic E-state index is 0.122. The number of hydrogen-bond donors (Lipinski definition) is 1. The Balaban J connectivity index is 1.80. The van der Waals surface area contributed by atoms with E-state index in [1.807, 2.05) is 30.3 Å². The number of thioether (sulfide) groups is 2. The summed E-state index contributed by atoms with van der Waals surface area (Å²) in [6, 6.07) is 9.88. The van der Waals surface area contributed by atoms with Gasteiger partial charge < -0.3 is 0 Å². The van der Waals surface area contributed by atoms with Crippen molar-refractivity contribution in [3.8, 4) is 6.07 Å². The van der Waals surface area contributed by atoms with Crippen LogP contribution in [-0.4, -0.2) is 28.4 Å². The molecule has 0 aromatic heterocycles. The molecule has 0 spiro atoms. The fourth-order valence-corrected chi connectivity index (χ4v) is 5.41. The van der Waals surface area contributed by atoms with Crippen LogP contribution in [0.1, 0.15) is 17.2 Å². The molecule has 3 rings (SSSR count). The molecule has 4 nitrogen and oxygen atoms in total. The maximum atomic E-state index is 9.76. The largest absolute Gasteiger partial charge is 0.287 e. The summed E-state index contributed by atoms with van der Waals surface area (Å²) in [5, 5.41) is 20.6. The molecule has 1 aromatic carbocycles.